The van der Waals surface area contributed by atoms with Crippen LogP contribution in [0.4, 0.5) is 5.82 Å². The summed E-state index contributed by atoms with van der Waals surface area (Å²) >= 11 is 0. The van der Waals surface area contributed by atoms with Crippen molar-refractivity contribution in [2.24, 2.45) is 7.05 Å². The van der Waals surface area contributed by atoms with Gasteiger partial charge in [-0.2, -0.15) is 9.61 Å². The third-order valence-corrected chi connectivity index (χ3v) is 5.89. The van der Waals surface area contributed by atoms with E-state index in [9.17, 15) is 4.79 Å². The van der Waals surface area contributed by atoms with Gasteiger partial charge in [0.1, 0.15) is 11.5 Å². The molecule has 0 saturated carbocycles. The Kier molecular flexibility index (Phi) is 4.22. The van der Waals surface area contributed by atoms with E-state index in [1.165, 1.54) is 12.8 Å². The molecule has 2 aliphatic heterocycles. The zero-order chi connectivity index (χ0) is 19.1. The molecule has 1 amide bonds. The number of carbonyl (C=O) groups is 1. The van der Waals surface area contributed by atoms with Crippen molar-refractivity contribution < 1.29 is 4.79 Å². The van der Waals surface area contributed by atoms with Crippen LogP contribution in [0.3, 0.4) is 0 Å². The average molecular weight is 380 g/mol. The molecule has 0 atom stereocenters. The van der Waals surface area contributed by atoms with Gasteiger partial charge in [0, 0.05) is 45.3 Å². The fraction of sp³-hybridized carbons (Fsp3) is 0.526. The monoisotopic (exact) mass is 380 g/mol. The van der Waals surface area contributed by atoms with E-state index >= 15 is 0 Å². The van der Waals surface area contributed by atoms with E-state index in [-0.39, 0.29) is 11.8 Å². The highest BCUT2D eigenvalue weighted by atomic mass is 16.2. The molecule has 2 fully saturated rings. The number of fused-ring (bicyclic) bond motifs is 1. The first kappa shape index (κ1) is 17.2. The molecule has 2 aliphatic rings. The number of carbonyl (C=O) groups excluding carboxylic acids is 1. The number of anilines is 1. The molecule has 0 radical (unpaired) electrons. The lowest BCUT2D eigenvalue weighted by Gasteiger charge is -2.31. The minimum absolute atomic E-state index is 0.0407. The zero-order valence-corrected chi connectivity index (χ0v) is 16.0. The van der Waals surface area contributed by atoms with E-state index in [4.69, 9.17) is 5.10 Å². The Bertz CT molecular complexity index is 994. The summed E-state index contributed by atoms with van der Waals surface area (Å²) < 4.78 is 3.53. The average Bonchev–Trinajstić information content (AvgIpc) is 3.48. The summed E-state index contributed by atoms with van der Waals surface area (Å²) in [7, 11) is 1.80. The minimum atomic E-state index is 0.0407. The van der Waals surface area contributed by atoms with Crippen LogP contribution in [0.1, 0.15) is 47.9 Å². The first-order valence-corrected chi connectivity index (χ1v) is 9.95. The molecule has 2 saturated heterocycles. The molecule has 5 rings (SSSR count). The number of nitrogens with zero attached hydrogens (tertiary/aromatic N) is 8. The summed E-state index contributed by atoms with van der Waals surface area (Å²) in [4.78, 5) is 16.9. The van der Waals surface area contributed by atoms with Gasteiger partial charge in [-0.05, 0) is 43.9 Å². The van der Waals surface area contributed by atoms with Crippen molar-refractivity contribution in [3.63, 3.8) is 0 Å². The van der Waals surface area contributed by atoms with Crippen molar-refractivity contribution in [2.75, 3.05) is 31.1 Å². The summed E-state index contributed by atoms with van der Waals surface area (Å²) in [6, 6.07) is 5.80. The predicted octanol–water partition coefficient (Wildman–Crippen LogP) is 1.48. The molecular formula is C19H24N8O. The van der Waals surface area contributed by atoms with E-state index in [2.05, 4.69) is 20.2 Å². The zero-order valence-electron chi connectivity index (χ0n) is 16.0. The highest BCUT2D eigenvalue weighted by Crippen LogP contribution is 2.28. The van der Waals surface area contributed by atoms with Crippen LogP contribution < -0.4 is 4.90 Å². The molecule has 3 aromatic rings. The molecule has 9 nitrogen and oxygen atoms in total. The number of aromatic nitrogens is 6. The molecule has 146 valence electrons. The highest BCUT2D eigenvalue weighted by Gasteiger charge is 2.29. The van der Waals surface area contributed by atoms with Gasteiger partial charge in [-0.25, -0.2) is 0 Å². The van der Waals surface area contributed by atoms with Gasteiger partial charge >= 0.3 is 0 Å². The van der Waals surface area contributed by atoms with Crippen molar-refractivity contribution in [3.8, 4) is 0 Å². The predicted molar refractivity (Wildman–Crippen MR) is 103 cm³/mol. The number of hydrogen-bond donors (Lipinski definition) is 0. The first-order valence-electron chi connectivity index (χ1n) is 9.95. The summed E-state index contributed by atoms with van der Waals surface area (Å²) in [6.45, 7) is 3.53. The summed E-state index contributed by atoms with van der Waals surface area (Å²) in [6.07, 6.45) is 5.82. The normalized spacial score (nSPS) is 18.3. The molecule has 3 aromatic heterocycles. The summed E-state index contributed by atoms with van der Waals surface area (Å²) in [5.74, 6) is 2.20. The lowest BCUT2D eigenvalue weighted by atomic mass is 9.96. The molecule has 0 unspecified atom stereocenters. The van der Waals surface area contributed by atoms with Gasteiger partial charge < -0.3 is 9.80 Å². The molecule has 28 heavy (non-hydrogen) atoms. The first-order chi connectivity index (χ1) is 13.7. The number of likely N-dealkylation sites (tertiary alicyclic amines) is 1. The maximum atomic E-state index is 12.7. The Morgan fingerprint density at radius 2 is 1.82 bits per heavy atom. The van der Waals surface area contributed by atoms with Crippen LogP contribution in [0.5, 0.6) is 0 Å². The second kappa shape index (κ2) is 6.88. The van der Waals surface area contributed by atoms with E-state index in [1.807, 2.05) is 21.5 Å². The second-order valence-electron chi connectivity index (χ2n) is 7.62. The molecular weight excluding hydrogens is 356 g/mol. The van der Waals surface area contributed by atoms with Gasteiger partial charge in [-0.15, -0.1) is 15.3 Å². The Morgan fingerprint density at radius 3 is 2.54 bits per heavy atom. The topological polar surface area (TPSA) is 84.5 Å². The van der Waals surface area contributed by atoms with Crippen LogP contribution in [0, 0.1) is 0 Å². The van der Waals surface area contributed by atoms with Crippen LogP contribution in [0.2, 0.25) is 0 Å². The maximum Gasteiger partial charge on any atom is 0.272 e. The number of aryl methyl sites for hydroxylation is 1. The van der Waals surface area contributed by atoms with Crippen LogP contribution in [-0.2, 0) is 7.05 Å². The molecule has 5 heterocycles. The number of piperidine rings is 1. The number of hydrogen-bond acceptors (Lipinski definition) is 6. The van der Waals surface area contributed by atoms with E-state index in [0.29, 0.717) is 18.8 Å². The largest absolute Gasteiger partial charge is 0.355 e. The Balaban J connectivity index is 1.33. The standard InChI is InChI=1S/C19H24N8O/c1-24-15(6-9-20-24)19(28)26-12-7-14(8-13-26)18-22-21-16-4-5-17(23-27(16)18)25-10-2-3-11-25/h4-6,9,14H,2-3,7-8,10-13H2,1H3. The Morgan fingerprint density at radius 1 is 1.04 bits per heavy atom. The number of rotatable bonds is 3. The summed E-state index contributed by atoms with van der Waals surface area (Å²) in [5.41, 5.74) is 1.41. The highest BCUT2D eigenvalue weighted by molar-refractivity contribution is 5.92. The summed E-state index contributed by atoms with van der Waals surface area (Å²) in [5, 5.41) is 17.7. The van der Waals surface area contributed by atoms with Crippen molar-refractivity contribution in [3.05, 3.63) is 35.9 Å². The van der Waals surface area contributed by atoms with E-state index < -0.39 is 0 Å². The maximum absolute atomic E-state index is 12.7. The van der Waals surface area contributed by atoms with E-state index in [0.717, 1.165) is 43.2 Å². The molecule has 0 N–H and O–H groups in total. The van der Waals surface area contributed by atoms with E-state index in [1.54, 1.807) is 24.0 Å². The van der Waals surface area contributed by atoms with Crippen molar-refractivity contribution in [1.29, 1.82) is 0 Å². The Hall–Kier alpha value is -2.97. The number of amides is 1. The molecule has 0 aromatic carbocycles. The molecule has 0 spiro atoms. The van der Waals surface area contributed by atoms with Gasteiger partial charge in [0.05, 0.1) is 0 Å². The smallest absolute Gasteiger partial charge is 0.272 e. The van der Waals surface area contributed by atoms with Crippen LogP contribution in [0.25, 0.3) is 5.65 Å². The van der Waals surface area contributed by atoms with Gasteiger partial charge in [-0.1, -0.05) is 0 Å². The fourth-order valence-electron chi connectivity index (χ4n) is 4.25. The lowest BCUT2D eigenvalue weighted by Crippen LogP contribution is -2.39. The van der Waals surface area contributed by atoms with Gasteiger partial charge in [0.15, 0.2) is 11.5 Å². The molecule has 9 heteroatoms. The third kappa shape index (κ3) is 2.90. The van der Waals surface area contributed by atoms with Gasteiger partial charge in [0.25, 0.3) is 5.91 Å². The minimum Gasteiger partial charge on any atom is -0.355 e. The van der Waals surface area contributed by atoms with Crippen molar-refractivity contribution in [1.82, 2.24) is 34.5 Å². The fourth-order valence-corrected chi connectivity index (χ4v) is 4.25. The quantitative estimate of drug-likeness (QED) is 0.684. The lowest BCUT2D eigenvalue weighted by molar-refractivity contribution is 0.0699. The van der Waals surface area contributed by atoms with Crippen molar-refractivity contribution in [2.45, 2.75) is 31.6 Å². The molecule has 0 bridgehead atoms. The Labute approximate surface area is 162 Å². The second-order valence-corrected chi connectivity index (χ2v) is 7.62. The molecule has 0 aliphatic carbocycles. The SMILES string of the molecule is Cn1nccc1C(=O)N1CCC(c2nnc3ccc(N4CCCC4)nn23)CC1. The van der Waals surface area contributed by atoms with Crippen LogP contribution >= 0.6 is 0 Å². The van der Waals surface area contributed by atoms with Gasteiger partial charge in [-0.3, -0.25) is 9.48 Å². The van der Waals surface area contributed by atoms with Gasteiger partial charge in [0.2, 0.25) is 0 Å². The van der Waals surface area contributed by atoms with Crippen LogP contribution in [-0.4, -0.2) is 66.6 Å². The van der Waals surface area contributed by atoms with Crippen molar-refractivity contribution >= 4 is 17.4 Å². The third-order valence-electron chi connectivity index (χ3n) is 5.89. The van der Waals surface area contributed by atoms with Crippen LogP contribution in [0.15, 0.2) is 24.4 Å².